The lowest BCUT2D eigenvalue weighted by Gasteiger charge is -2.45. The van der Waals surface area contributed by atoms with E-state index in [0.717, 1.165) is 0 Å². The molecule has 1 heterocycles. The number of ether oxygens (including phenoxy) is 1. The van der Waals surface area contributed by atoms with Crippen LogP contribution in [0.2, 0.25) is 39.3 Å². The Kier molecular flexibility index (Phi) is 6.38. The van der Waals surface area contributed by atoms with Gasteiger partial charge in [0.15, 0.2) is 16.6 Å². The molecule has 4 nitrogen and oxygen atoms in total. The Morgan fingerprint density at radius 3 is 2.05 bits per heavy atom. The van der Waals surface area contributed by atoms with E-state index in [1.807, 2.05) is 0 Å². The molecule has 1 rings (SSSR count). The second-order valence-electron chi connectivity index (χ2n) is 8.10. The molecule has 6 heteroatoms. The molecule has 1 unspecified atom stereocenters. The molecule has 0 aliphatic carbocycles. The minimum Gasteiger partial charge on any atom is -0.412 e. The number of rotatable bonds is 6. The van der Waals surface area contributed by atoms with Crippen LogP contribution in [0.3, 0.4) is 0 Å². The first-order chi connectivity index (χ1) is 9.39. The third kappa shape index (κ3) is 6.73. The van der Waals surface area contributed by atoms with Gasteiger partial charge in [0.05, 0.1) is 24.9 Å². The molecule has 0 aromatic heterocycles. The molecule has 21 heavy (non-hydrogen) atoms. The summed E-state index contributed by atoms with van der Waals surface area (Å²) in [4.78, 5) is 11.4. The van der Waals surface area contributed by atoms with Crippen LogP contribution < -0.4 is 0 Å². The van der Waals surface area contributed by atoms with E-state index >= 15 is 0 Å². The highest BCUT2D eigenvalue weighted by Gasteiger charge is 2.42. The van der Waals surface area contributed by atoms with Gasteiger partial charge in [0.25, 0.3) is 0 Å². The van der Waals surface area contributed by atoms with Crippen LogP contribution in [0.1, 0.15) is 20.3 Å². The predicted molar refractivity (Wildman–Crippen MR) is 90.6 cm³/mol. The third-order valence-electron chi connectivity index (χ3n) is 3.43. The van der Waals surface area contributed by atoms with Crippen molar-refractivity contribution in [3.63, 3.8) is 0 Å². The first kappa shape index (κ1) is 19.0. The van der Waals surface area contributed by atoms with Crippen LogP contribution in [0.4, 0.5) is 0 Å². The maximum absolute atomic E-state index is 11.4. The summed E-state index contributed by atoms with van der Waals surface area (Å²) in [6.07, 6.45) is 0.431. The molecule has 1 fully saturated rings. The molecule has 0 aromatic rings. The number of ketones is 1. The lowest BCUT2D eigenvalue weighted by atomic mass is 9.89. The summed E-state index contributed by atoms with van der Waals surface area (Å²) in [5.41, 5.74) is 0. The molecule has 0 aromatic carbocycles. The van der Waals surface area contributed by atoms with Crippen molar-refractivity contribution in [3.05, 3.63) is 0 Å². The van der Waals surface area contributed by atoms with Gasteiger partial charge in [0.2, 0.25) is 0 Å². The quantitative estimate of drug-likeness (QED) is 0.699. The average Bonchev–Trinajstić information content (AvgIpc) is 2.23. The maximum atomic E-state index is 11.4. The summed E-state index contributed by atoms with van der Waals surface area (Å²) in [6, 6.07) is 0. The van der Waals surface area contributed by atoms with Crippen LogP contribution in [0.15, 0.2) is 0 Å². The van der Waals surface area contributed by atoms with Gasteiger partial charge in [0, 0.05) is 12.3 Å². The minimum atomic E-state index is -1.68. The molecule has 0 spiro atoms. The summed E-state index contributed by atoms with van der Waals surface area (Å²) >= 11 is 0. The second kappa shape index (κ2) is 7.04. The van der Waals surface area contributed by atoms with E-state index in [4.69, 9.17) is 13.6 Å². The molecule has 0 bridgehead atoms. The van der Waals surface area contributed by atoms with Crippen LogP contribution in [0.25, 0.3) is 0 Å². The molecular formula is C15H32O4Si2. The molecule has 1 aliphatic rings. The van der Waals surface area contributed by atoms with Gasteiger partial charge in [-0.05, 0) is 46.2 Å². The Morgan fingerprint density at radius 1 is 1.10 bits per heavy atom. The van der Waals surface area contributed by atoms with E-state index in [0.29, 0.717) is 13.0 Å². The summed E-state index contributed by atoms with van der Waals surface area (Å²) in [7, 11) is -3.34. The monoisotopic (exact) mass is 332 g/mol. The SMILES string of the molecule is CC(=O)CC1OC[C@@H](O[Si](C)(C)C)[C@H](O[Si](C)(C)C)[C@H]1C. The van der Waals surface area contributed by atoms with E-state index in [-0.39, 0.29) is 30.0 Å². The maximum Gasteiger partial charge on any atom is 0.184 e. The third-order valence-corrected chi connectivity index (χ3v) is 5.42. The fourth-order valence-electron chi connectivity index (χ4n) is 2.69. The lowest BCUT2D eigenvalue weighted by molar-refractivity contribution is -0.149. The van der Waals surface area contributed by atoms with Crippen molar-refractivity contribution in [3.8, 4) is 0 Å². The highest BCUT2D eigenvalue weighted by Crippen LogP contribution is 2.31. The van der Waals surface area contributed by atoms with Gasteiger partial charge in [-0.1, -0.05) is 6.92 Å². The van der Waals surface area contributed by atoms with E-state index < -0.39 is 16.6 Å². The van der Waals surface area contributed by atoms with Crippen molar-refractivity contribution < 1.29 is 18.4 Å². The molecule has 124 valence electrons. The van der Waals surface area contributed by atoms with Crippen molar-refractivity contribution in [2.24, 2.45) is 5.92 Å². The summed E-state index contributed by atoms with van der Waals surface area (Å²) < 4.78 is 18.6. The second-order valence-corrected chi connectivity index (χ2v) is 17.0. The molecule has 0 radical (unpaired) electrons. The number of hydrogen-bond donors (Lipinski definition) is 0. The summed E-state index contributed by atoms with van der Waals surface area (Å²) in [6.45, 7) is 17.4. The first-order valence-corrected chi connectivity index (χ1v) is 14.7. The fourth-order valence-corrected chi connectivity index (χ4v) is 4.98. The number of hydrogen-bond acceptors (Lipinski definition) is 4. The van der Waals surface area contributed by atoms with Gasteiger partial charge in [-0.15, -0.1) is 0 Å². The Hall–Kier alpha value is -0.0162. The van der Waals surface area contributed by atoms with Crippen molar-refractivity contribution in [2.75, 3.05) is 6.61 Å². The van der Waals surface area contributed by atoms with Crippen LogP contribution in [0, 0.1) is 5.92 Å². The van der Waals surface area contributed by atoms with Gasteiger partial charge < -0.3 is 13.6 Å². The van der Waals surface area contributed by atoms with Crippen molar-refractivity contribution in [1.82, 2.24) is 0 Å². The van der Waals surface area contributed by atoms with Crippen molar-refractivity contribution in [1.29, 1.82) is 0 Å². The molecule has 0 saturated carbocycles. The number of carbonyl (C=O) groups is 1. The summed E-state index contributed by atoms with van der Waals surface area (Å²) in [5.74, 6) is 0.346. The van der Waals surface area contributed by atoms with Gasteiger partial charge in [-0.25, -0.2) is 0 Å². The van der Waals surface area contributed by atoms with Crippen LogP contribution in [-0.2, 0) is 18.4 Å². The Bertz CT molecular complexity index is 360. The predicted octanol–water partition coefficient (Wildman–Crippen LogP) is 3.44. The Labute approximate surface area is 131 Å². The molecular weight excluding hydrogens is 300 g/mol. The smallest absolute Gasteiger partial charge is 0.184 e. The molecule has 4 atom stereocenters. The van der Waals surface area contributed by atoms with E-state index in [9.17, 15) is 4.79 Å². The van der Waals surface area contributed by atoms with E-state index in [1.54, 1.807) is 6.92 Å². The zero-order chi connectivity index (χ0) is 16.4. The fraction of sp³-hybridized carbons (Fsp3) is 0.933. The lowest BCUT2D eigenvalue weighted by Crippen LogP contribution is -2.56. The molecule has 0 amide bonds. The van der Waals surface area contributed by atoms with Crippen molar-refractivity contribution >= 4 is 22.4 Å². The highest BCUT2D eigenvalue weighted by atomic mass is 28.4. The van der Waals surface area contributed by atoms with Gasteiger partial charge in [0.1, 0.15) is 5.78 Å². The van der Waals surface area contributed by atoms with Crippen LogP contribution in [0.5, 0.6) is 0 Å². The Balaban J connectivity index is 2.88. The number of carbonyl (C=O) groups excluding carboxylic acids is 1. The number of Topliss-reactive ketones (excluding diaryl/α,β-unsaturated/α-hetero) is 1. The standard InChI is InChI=1S/C15H32O4Si2/c1-11(16)9-13-12(2)15(19-21(6,7)8)14(10-17-13)18-20(3,4)5/h12-15H,9-10H2,1-8H3/t12-,13?,14+,15+/m0/s1. The van der Waals surface area contributed by atoms with Gasteiger partial charge in [-0.3, -0.25) is 4.79 Å². The molecule has 1 aliphatic heterocycles. The Morgan fingerprint density at radius 2 is 1.62 bits per heavy atom. The normalized spacial score (nSPS) is 31.2. The van der Waals surface area contributed by atoms with Crippen LogP contribution >= 0.6 is 0 Å². The minimum absolute atomic E-state index is 0.0124. The van der Waals surface area contributed by atoms with Crippen LogP contribution in [-0.4, -0.2) is 47.3 Å². The van der Waals surface area contributed by atoms with Gasteiger partial charge in [-0.2, -0.15) is 0 Å². The zero-order valence-corrected chi connectivity index (χ0v) is 16.9. The molecule has 0 N–H and O–H groups in total. The molecule has 1 saturated heterocycles. The zero-order valence-electron chi connectivity index (χ0n) is 14.9. The van der Waals surface area contributed by atoms with E-state index in [2.05, 4.69) is 46.2 Å². The first-order valence-electron chi connectivity index (χ1n) is 7.86. The van der Waals surface area contributed by atoms with E-state index in [1.165, 1.54) is 0 Å². The summed E-state index contributed by atoms with van der Waals surface area (Å²) in [5, 5.41) is 0. The largest absolute Gasteiger partial charge is 0.412 e. The topological polar surface area (TPSA) is 44.8 Å². The average molecular weight is 333 g/mol. The van der Waals surface area contributed by atoms with Gasteiger partial charge >= 0.3 is 0 Å². The van der Waals surface area contributed by atoms with Crippen molar-refractivity contribution in [2.45, 2.75) is 77.9 Å². The highest BCUT2D eigenvalue weighted by molar-refractivity contribution is 6.70.